The van der Waals surface area contributed by atoms with Gasteiger partial charge in [0.05, 0.1) is 0 Å². The van der Waals surface area contributed by atoms with Gasteiger partial charge in [-0.05, 0) is 31.8 Å². The van der Waals surface area contributed by atoms with Crippen molar-refractivity contribution >= 4 is 17.0 Å². The minimum atomic E-state index is -0.176. The summed E-state index contributed by atoms with van der Waals surface area (Å²) in [6.07, 6.45) is 7.47. The van der Waals surface area contributed by atoms with E-state index in [1.54, 1.807) is 0 Å². The molecule has 0 saturated heterocycles. The van der Waals surface area contributed by atoms with E-state index in [1.165, 1.54) is 37.0 Å². The number of hydrogen-bond donors (Lipinski definition) is 3. The van der Waals surface area contributed by atoms with Crippen LogP contribution in [0.25, 0.3) is 17.0 Å². The quantitative estimate of drug-likeness (QED) is 0.727. The fourth-order valence-corrected chi connectivity index (χ4v) is 2.63. The Bertz CT molecular complexity index is 644. The number of hydrogen-bond acceptors (Lipinski definition) is 4. The van der Waals surface area contributed by atoms with Gasteiger partial charge in [0.15, 0.2) is 11.5 Å². The standard InChI is InChI=1S/C15H16O4/c16-10-7-11(17)14-12(8-10)19-13(15(14)18)6-9-4-2-1-3-5-9/h6-8,16-18H,1-5H2. The predicted octanol–water partition coefficient (Wildman–Crippen LogP) is 3.90. The molecule has 4 nitrogen and oxygen atoms in total. The van der Waals surface area contributed by atoms with Gasteiger partial charge in [-0.15, -0.1) is 0 Å². The van der Waals surface area contributed by atoms with E-state index < -0.39 is 0 Å². The summed E-state index contributed by atoms with van der Waals surface area (Å²) in [6, 6.07) is 2.58. The van der Waals surface area contributed by atoms with E-state index in [2.05, 4.69) is 0 Å². The molecular weight excluding hydrogens is 244 g/mol. The zero-order chi connectivity index (χ0) is 13.4. The summed E-state index contributed by atoms with van der Waals surface area (Å²) in [7, 11) is 0. The van der Waals surface area contributed by atoms with E-state index in [0.29, 0.717) is 5.76 Å². The lowest BCUT2D eigenvalue weighted by Crippen LogP contribution is -1.92. The molecule has 3 rings (SSSR count). The van der Waals surface area contributed by atoms with Crippen molar-refractivity contribution in [2.45, 2.75) is 32.1 Å². The van der Waals surface area contributed by atoms with E-state index in [9.17, 15) is 15.3 Å². The Morgan fingerprint density at radius 2 is 1.74 bits per heavy atom. The van der Waals surface area contributed by atoms with Crippen LogP contribution in [0.1, 0.15) is 37.9 Å². The SMILES string of the molecule is Oc1cc(O)c2c(O)c(C=C3CCCCC3)oc2c1. The molecule has 1 aromatic carbocycles. The van der Waals surface area contributed by atoms with E-state index in [4.69, 9.17) is 4.42 Å². The number of phenols is 2. The van der Waals surface area contributed by atoms with Crippen LogP contribution in [0.2, 0.25) is 0 Å². The smallest absolute Gasteiger partial charge is 0.173 e. The molecule has 19 heavy (non-hydrogen) atoms. The topological polar surface area (TPSA) is 73.8 Å². The van der Waals surface area contributed by atoms with Crippen LogP contribution in [-0.2, 0) is 0 Å². The molecule has 0 bridgehead atoms. The van der Waals surface area contributed by atoms with E-state index >= 15 is 0 Å². The molecule has 0 amide bonds. The minimum absolute atomic E-state index is 0.0643. The number of phenolic OH excluding ortho intramolecular Hbond substituents is 2. The van der Waals surface area contributed by atoms with Crippen LogP contribution in [0, 0.1) is 0 Å². The minimum Gasteiger partial charge on any atom is -0.508 e. The lowest BCUT2D eigenvalue weighted by Gasteiger charge is -2.12. The molecule has 0 aliphatic heterocycles. The molecule has 100 valence electrons. The Kier molecular flexibility index (Phi) is 2.85. The lowest BCUT2D eigenvalue weighted by molar-refractivity contribution is 0.449. The van der Waals surface area contributed by atoms with Gasteiger partial charge in [0.1, 0.15) is 22.5 Å². The number of aromatic hydroxyl groups is 3. The first-order valence-electron chi connectivity index (χ1n) is 6.52. The number of furan rings is 1. The van der Waals surface area contributed by atoms with Gasteiger partial charge in [0, 0.05) is 12.1 Å². The fourth-order valence-electron chi connectivity index (χ4n) is 2.63. The molecule has 0 radical (unpaired) electrons. The first kappa shape index (κ1) is 12.0. The molecule has 1 aliphatic rings. The third-order valence-electron chi connectivity index (χ3n) is 3.59. The maximum absolute atomic E-state index is 10.1. The van der Waals surface area contributed by atoms with Crippen LogP contribution in [-0.4, -0.2) is 15.3 Å². The molecule has 1 aliphatic carbocycles. The monoisotopic (exact) mass is 260 g/mol. The van der Waals surface area contributed by atoms with Crippen molar-refractivity contribution in [2.24, 2.45) is 0 Å². The molecule has 1 aromatic heterocycles. The summed E-state index contributed by atoms with van der Waals surface area (Å²) in [6.45, 7) is 0. The van der Waals surface area contributed by atoms with Crippen molar-refractivity contribution in [3.05, 3.63) is 23.5 Å². The highest BCUT2D eigenvalue weighted by Gasteiger charge is 2.17. The Morgan fingerprint density at radius 3 is 2.47 bits per heavy atom. The van der Waals surface area contributed by atoms with Gasteiger partial charge in [0.25, 0.3) is 0 Å². The van der Waals surface area contributed by atoms with Crippen LogP contribution in [0.4, 0.5) is 0 Å². The zero-order valence-electron chi connectivity index (χ0n) is 10.5. The Hall–Kier alpha value is -2.10. The Labute approximate surface area is 110 Å². The third kappa shape index (κ3) is 2.14. The summed E-state index contributed by atoms with van der Waals surface area (Å²) in [5.41, 5.74) is 1.54. The van der Waals surface area contributed by atoms with E-state index in [0.717, 1.165) is 12.8 Å². The normalized spacial score (nSPS) is 15.9. The van der Waals surface area contributed by atoms with Gasteiger partial charge >= 0.3 is 0 Å². The summed E-state index contributed by atoms with van der Waals surface area (Å²) in [5.74, 6) is 0.0264. The van der Waals surface area contributed by atoms with Gasteiger partial charge < -0.3 is 19.7 Å². The van der Waals surface area contributed by atoms with E-state index in [1.807, 2.05) is 6.08 Å². The maximum atomic E-state index is 10.1. The number of benzene rings is 1. The molecule has 1 heterocycles. The van der Waals surface area contributed by atoms with Crippen molar-refractivity contribution in [3.8, 4) is 17.2 Å². The number of fused-ring (bicyclic) bond motifs is 1. The van der Waals surface area contributed by atoms with Crippen LogP contribution in [0.3, 0.4) is 0 Å². The van der Waals surface area contributed by atoms with Crippen molar-refractivity contribution in [1.29, 1.82) is 0 Å². The molecule has 0 spiro atoms. The van der Waals surface area contributed by atoms with Gasteiger partial charge in [-0.2, -0.15) is 0 Å². The van der Waals surface area contributed by atoms with E-state index in [-0.39, 0.29) is 28.2 Å². The second kappa shape index (κ2) is 4.53. The largest absolute Gasteiger partial charge is 0.508 e. The van der Waals surface area contributed by atoms with Gasteiger partial charge in [0.2, 0.25) is 0 Å². The summed E-state index contributed by atoms with van der Waals surface area (Å²) < 4.78 is 5.52. The third-order valence-corrected chi connectivity index (χ3v) is 3.59. The summed E-state index contributed by atoms with van der Waals surface area (Å²) in [4.78, 5) is 0. The molecule has 1 saturated carbocycles. The van der Waals surface area contributed by atoms with Crippen molar-refractivity contribution in [1.82, 2.24) is 0 Å². The van der Waals surface area contributed by atoms with Crippen molar-refractivity contribution in [2.75, 3.05) is 0 Å². The zero-order valence-corrected chi connectivity index (χ0v) is 10.5. The maximum Gasteiger partial charge on any atom is 0.173 e. The second-order valence-electron chi connectivity index (χ2n) is 5.02. The molecule has 1 fully saturated rings. The fraction of sp³-hybridized carbons (Fsp3) is 0.333. The van der Waals surface area contributed by atoms with Gasteiger partial charge in [-0.1, -0.05) is 12.0 Å². The molecule has 3 N–H and O–H groups in total. The first-order chi connectivity index (χ1) is 9.15. The van der Waals surface area contributed by atoms with Crippen LogP contribution in [0.15, 0.2) is 22.1 Å². The predicted molar refractivity (Wildman–Crippen MR) is 72.3 cm³/mol. The highest BCUT2D eigenvalue weighted by atomic mass is 16.4. The molecule has 4 heteroatoms. The van der Waals surface area contributed by atoms with Crippen molar-refractivity contribution < 1.29 is 19.7 Å². The second-order valence-corrected chi connectivity index (χ2v) is 5.02. The van der Waals surface area contributed by atoms with Gasteiger partial charge in [-0.3, -0.25) is 0 Å². The highest BCUT2D eigenvalue weighted by molar-refractivity contribution is 5.93. The number of rotatable bonds is 1. The molecular formula is C15H16O4. The summed E-state index contributed by atoms with van der Waals surface area (Å²) in [5, 5.41) is 29.5. The lowest BCUT2D eigenvalue weighted by atomic mass is 9.94. The van der Waals surface area contributed by atoms with Gasteiger partial charge in [-0.25, -0.2) is 0 Å². The molecule has 0 unspecified atom stereocenters. The number of allylic oxidation sites excluding steroid dienone is 1. The van der Waals surface area contributed by atoms with Crippen LogP contribution in [0.5, 0.6) is 17.2 Å². The molecule has 0 atom stereocenters. The first-order valence-corrected chi connectivity index (χ1v) is 6.52. The summed E-state index contributed by atoms with van der Waals surface area (Å²) >= 11 is 0. The average molecular weight is 260 g/mol. The highest BCUT2D eigenvalue weighted by Crippen LogP contribution is 2.41. The van der Waals surface area contributed by atoms with Crippen molar-refractivity contribution in [3.63, 3.8) is 0 Å². The molecule has 2 aromatic rings. The van der Waals surface area contributed by atoms with Crippen LogP contribution >= 0.6 is 0 Å². The Morgan fingerprint density at radius 1 is 1.00 bits per heavy atom. The average Bonchev–Trinajstić information content (AvgIpc) is 2.67. The Balaban J connectivity index is 2.09. The van der Waals surface area contributed by atoms with Crippen LogP contribution < -0.4 is 0 Å².